The topological polar surface area (TPSA) is 52.6 Å². The van der Waals surface area contributed by atoms with Gasteiger partial charge in [0.15, 0.2) is 0 Å². The van der Waals surface area contributed by atoms with E-state index in [0.29, 0.717) is 39.1 Å². The number of esters is 1. The normalized spacial score (nSPS) is 21.0. The van der Waals surface area contributed by atoms with Crippen LogP contribution in [0.1, 0.15) is 38.2 Å². The van der Waals surface area contributed by atoms with Crippen molar-refractivity contribution in [3.05, 3.63) is 35.9 Å². The largest absolute Gasteiger partial charge is 0.466 e. The van der Waals surface area contributed by atoms with Crippen molar-refractivity contribution < 1.29 is 19.1 Å². The Kier molecular flexibility index (Phi) is 6.59. The number of ketones is 1. The number of Topliss-reactive ketones (excluding diaryl/α,β-unsaturated/α-hetero) is 1. The van der Waals surface area contributed by atoms with E-state index in [-0.39, 0.29) is 23.6 Å². The molecule has 1 aliphatic carbocycles. The van der Waals surface area contributed by atoms with Crippen LogP contribution in [0.2, 0.25) is 0 Å². The molecule has 1 saturated carbocycles. The van der Waals surface area contributed by atoms with Gasteiger partial charge in [-0.15, -0.1) is 0 Å². The van der Waals surface area contributed by atoms with E-state index in [1.54, 1.807) is 6.92 Å². The summed E-state index contributed by atoms with van der Waals surface area (Å²) in [5.74, 6) is -0.453. The van der Waals surface area contributed by atoms with Gasteiger partial charge in [0.2, 0.25) is 0 Å². The second kappa shape index (κ2) is 8.69. The quantitative estimate of drug-likeness (QED) is 0.547. The van der Waals surface area contributed by atoms with Gasteiger partial charge in [-0.05, 0) is 31.7 Å². The second-order valence-corrected chi connectivity index (χ2v) is 5.65. The first-order valence-electron chi connectivity index (χ1n) is 8.03. The molecular formula is C18H24O4. The summed E-state index contributed by atoms with van der Waals surface area (Å²) in [6.45, 7) is 3.35. The average Bonchev–Trinajstić information content (AvgIpc) is 2.89. The van der Waals surface area contributed by atoms with Gasteiger partial charge in [0.25, 0.3) is 0 Å². The molecule has 0 saturated heterocycles. The van der Waals surface area contributed by atoms with Crippen molar-refractivity contribution in [3.8, 4) is 0 Å². The Morgan fingerprint density at radius 1 is 1.27 bits per heavy atom. The number of carbonyl (C=O) groups is 2. The van der Waals surface area contributed by atoms with Crippen LogP contribution in [0, 0.1) is 11.8 Å². The third-order valence-corrected chi connectivity index (χ3v) is 4.11. The Bertz CT molecular complexity index is 483. The molecule has 0 aliphatic heterocycles. The van der Waals surface area contributed by atoms with E-state index < -0.39 is 0 Å². The van der Waals surface area contributed by atoms with Gasteiger partial charge in [-0.1, -0.05) is 30.3 Å². The fourth-order valence-electron chi connectivity index (χ4n) is 2.97. The standard InChI is InChI=1S/C18H24O4/c1-2-22-18(20)16-10-11-17(19)15(16)9-6-12-21-13-14-7-4-3-5-8-14/h3-5,7-8,15-16H,2,6,9-13H2,1H3. The molecule has 22 heavy (non-hydrogen) atoms. The summed E-state index contributed by atoms with van der Waals surface area (Å²) >= 11 is 0. The highest BCUT2D eigenvalue weighted by Crippen LogP contribution is 2.33. The Morgan fingerprint density at radius 3 is 2.77 bits per heavy atom. The maximum atomic E-state index is 11.9. The van der Waals surface area contributed by atoms with E-state index in [2.05, 4.69) is 0 Å². The molecule has 0 spiro atoms. The molecule has 1 fully saturated rings. The fourth-order valence-corrected chi connectivity index (χ4v) is 2.97. The van der Waals surface area contributed by atoms with Crippen molar-refractivity contribution in [3.63, 3.8) is 0 Å². The Labute approximate surface area is 131 Å². The summed E-state index contributed by atoms with van der Waals surface area (Å²) < 4.78 is 10.7. The molecule has 120 valence electrons. The fraction of sp³-hybridized carbons (Fsp3) is 0.556. The van der Waals surface area contributed by atoms with Gasteiger partial charge in [0.1, 0.15) is 5.78 Å². The number of rotatable bonds is 8. The molecule has 0 amide bonds. The van der Waals surface area contributed by atoms with Gasteiger partial charge in [0, 0.05) is 18.9 Å². The third-order valence-electron chi connectivity index (χ3n) is 4.11. The monoisotopic (exact) mass is 304 g/mol. The molecule has 4 nitrogen and oxygen atoms in total. The molecule has 0 heterocycles. The molecule has 1 aromatic rings. The maximum Gasteiger partial charge on any atom is 0.309 e. The van der Waals surface area contributed by atoms with Crippen LogP contribution < -0.4 is 0 Å². The van der Waals surface area contributed by atoms with Crippen molar-refractivity contribution >= 4 is 11.8 Å². The van der Waals surface area contributed by atoms with Gasteiger partial charge in [-0.25, -0.2) is 0 Å². The zero-order valence-corrected chi connectivity index (χ0v) is 13.1. The lowest BCUT2D eigenvalue weighted by Crippen LogP contribution is -2.25. The minimum atomic E-state index is -0.249. The predicted molar refractivity (Wildman–Crippen MR) is 83.2 cm³/mol. The summed E-state index contributed by atoms with van der Waals surface area (Å²) in [5.41, 5.74) is 1.14. The van der Waals surface area contributed by atoms with Gasteiger partial charge in [-0.2, -0.15) is 0 Å². The highest BCUT2D eigenvalue weighted by Gasteiger charge is 2.39. The van der Waals surface area contributed by atoms with Gasteiger partial charge < -0.3 is 9.47 Å². The zero-order valence-electron chi connectivity index (χ0n) is 13.1. The molecule has 1 aliphatic rings. The van der Waals surface area contributed by atoms with Crippen LogP contribution in [0.15, 0.2) is 30.3 Å². The Hall–Kier alpha value is -1.68. The lowest BCUT2D eigenvalue weighted by Gasteiger charge is -2.16. The third kappa shape index (κ3) is 4.67. The van der Waals surface area contributed by atoms with Crippen LogP contribution in [0.4, 0.5) is 0 Å². The number of ether oxygens (including phenoxy) is 2. The lowest BCUT2D eigenvalue weighted by molar-refractivity contribution is -0.150. The Morgan fingerprint density at radius 2 is 2.05 bits per heavy atom. The smallest absolute Gasteiger partial charge is 0.309 e. The summed E-state index contributed by atoms with van der Waals surface area (Å²) in [6.07, 6.45) is 2.63. The molecule has 0 aromatic heterocycles. The Balaban J connectivity index is 1.70. The SMILES string of the molecule is CCOC(=O)C1CCC(=O)C1CCCOCc1ccccc1. The van der Waals surface area contributed by atoms with Gasteiger partial charge in [-0.3, -0.25) is 9.59 Å². The zero-order chi connectivity index (χ0) is 15.8. The number of hydrogen-bond donors (Lipinski definition) is 0. The second-order valence-electron chi connectivity index (χ2n) is 5.65. The van der Waals surface area contributed by atoms with Crippen molar-refractivity contribution in [2.75, 3.05) is 13.2 Å². The van der Waals surface area contributed by atoms with Crippen LogP contribution in [-0.2, 0) is 25.7 Å². The first-order valence-corrected chi connectivity index (χ1v) is 8.03. The van der Waals surface area contributed by atoms with Crippen LogP contribution >= 0.6 is 0 Å². The molecule has 2 rings (SSSR count). The number of benzene rings is 1. The maximum absolute atomic E-state index is 11.9. The van der Waals surface area contributed by atoms with Crippen molar-refractivity contribution in [2.24, 2.45) is 11.8 Å². The average molecular weight is 304 g/mol. The van der Waals surface area contributed by atoms with Gasteiger partial charge >= 0.3 is 5.97 Å². The van der Waals surface area contributed by atoms with Crippen molar-refractivity contribution in [1.82, 2.24) is 0 Å². The minimum absolute atomic E-state index is 0.181. The summed E-state index contributed by atoms with van der Waals surface area (Å²) in [5, 5.41) is 0. The molecule has 2 unspecified atom stereocenters. The van der Waals surface area contributed by atoms with Crippen molar-refractivity contribution in [1.29, 1.82) is 0 Å². The first kappa shape index (κ1) is 16.7. The van der Waals surface area contributed by atoms with E-state index in [0.717, 1.165) is 12.0 Å². The summed E-state index contributed by atoms with van der Waals surface area (Å²) in [7, 11) is 0. The molecule has 0 radical (unpaired) electrons. The van der Waals surface area contributed by atoms with E-state index in [4.69, 9.17) is 9.47 Å². The molecule has 0 bridgehead atoms. The van der Waals surface area contributed by atoms with E-state index in [1.165, 1.54) is 0 Å². The predicted octanol–water partition coefficient (Wildman–Crippen LogP) is 3.14. The molecule has 0 N–H and O–H groups in total. The first-order chi connectivity index (χ1) is 10.7. The van der Waals surface area contributed by atoms with Crippen LogP contribution in [0.3, 0.4) is 0 Å². The van der Waals surface area contributed by atoms with Crippen LogP contribution in [-0.4, -0.2) is 25.0 Å². The summed E-state index contributed by atoms with van der Waals surface area (Å²) in [6, 6.07) is 10.00. The number of carbonyl (C=O) groups excluding carboxylic acids is 2. The molecule has 2 atom stereocenters. The number of hydrogen-bond acceptors (Lipinski definition) is 4. The highest BCUT2D eigenvalue weighted by atomic mass is 16.5. The minimum Gasteiger partial charge on any atom is -0.466 e. The van der Waals surface area contributed by atoms with Crippen LogP contribution in [0.25, 0.3) is 0 Å². The summed E-state index contributed by atoms with van der Waals surface area (Å²) in [4.78, 5) is 23.8. The molecular weight excluding hydrogens is 280 g/mol. The van der Waals surface area contributed by atoms with Crippen molar-refractivity contribution in [2.45, 2.75) is 39.2 Å². The van der Waals surface area contributed by atoms with E-state index in [9.17, 15) is 9.59 Å². The van der Waals surface area contributed by atoms with Crippen LogP contribution in [0.5, 0.6) is 0 Å². The van der Waals surface area contributed by atoms with E-state index >= 15 is 0 Å². The lowest BCUT2D eigenvalue weighted by atomic mass is 9.91. The molecule has 1 aromatic carbocycles. The molecule has 4 heteroatoms. The van der Waals surface area contributed by atoms with Gasteiger partial charge in [0.05, 0.1) is 19.1 Å². The van der Waals surface area contributed by atoms with E-state index in [1.807, 2.05) is 30.3 Å². The highest BCUT2D eigenvalue weighted by molar-refractivity contribution is 5.90.